The summed E-state index contributed by atoms with van der Waals surface area (Å²) in [6.07, 6.45) is 4.00. The average molecular weight is 124 g/mol. The summed E-state index contributed by atoms with van der Waals surface area (Å²) >= 11 is 0. The zero-order chi connectivity index (χ0) is 6.85. The van der Waals surface area contributed by atoms with Gasteiger partial charge in [-0.2, -0.15) is 0 Å². The highest BCUT2D eigenvalue weighted by Gasteiger charge is 2.18. The SMILES string of the molecule is CCC(C)=C1CC(C)C1. The van der Waals surface area contributed by atoms with Crippen molar-refractivity contribution in [3.05, 3.63) is 11.1 Å². The van der Waals surface area contributed by atoms with Crippen LogP contribution in [0.25, 0.3) is 0 Å². The first-order valence-corrected chi connectivity index (χ1v) is 3.91. The maximum Gasteiger partial charge on any atom is -0.0289 e. The first kappa shape index (κ1) is 6.85. The zero-order valence-electron chi connectivity index (χ0n) is 6.70. The van der Waals surface area contributed by atoms with Gasteiger partial charge in [0.15, 0.2) is 0 Å². The second-order valence-electron chi connectivity index (χ2n) is 3.25. The van der Waals surface area contributed by atoms with Crippen LogP contribution in [0.4, 0.5) is 0 Å². The summed E-state index contributed by atoms with van der Waals surface area (Å²) in [5.41, 5.74) is 3.36. The van der Waals surface area contributed by atoms with Gasteiger partial charge >= 0.3 is 0 Å². The first-order chi connectivity index (χ1) is 4.24. The van der Waals surface area contributed by atoms with E-state index in [0.717, 1.165) is 5.92 Å². The number of rotatable bonds is 1. The van der Waals surface area contributed by atoms with Crippen molar-refractivity contribution in [3.8, 4) is 0 Å². The van der Waals surface area contributed by atoms with Gasteiger partial charge in [-0.1, -0.05) is 25.0 Å². The molecule has 1 aliphatic carbocycles. The standard InChI is InChI=1S/C9H16/c1-4-8(3)9-5-7(2)6-9/h7H,4-6H2,1-3H3. The Morgan fingerprint density at radius 3 is 2.44 bits per heavy atom. The predicted molar refractivity (Wildman–Crippen MR) is 41.4 cm³/mol. The molecule has 1 rings (SSSR count). The Labute approximate surface area is 58.0 Å². The van der Waals surface area contributed by atoms with E-state index in [4.69, 9.17) is 0 Å². The summed E-state index contributed by atoms with van der Waals surface area (Å²) in [5.74, 6) is 0.974. The topological polar surface area (TPSA) is 0 Å². The molecule has 1 aliphatic rings. The Kier molecular flexibility index (Phi) is 1.94. The normalized spacial score (nSPS) is 25.7. The van der Waals surface area contributed by atoms with Gasteiger partial charge in [-0.15, -0.1) is 0 Å². The third kappa shape index (κ3) is 1.35. The molecule has 52 valence electrons. The molecule has 0 heterocycles. The molecule has 1 fully saturated rings. The van der Waals surface area contributed by atoms with Crippen LogP contribution in [0, 0.1) is 5.92 Å². The van der Waals surface area contributed by atoms with Crippen molar-refractivity contribution >= 4 is 0 Å². The van der Waals surface area contributed by atoms with Crippen LogP contribution in [-0.4, -0.2) is 0 Å². The summed E-state index contributed by atoms with van der Waals surface area (Å²) < 4.78 is 0. The van der Waals surface area contributed by atoms with Gasteiger partial charge in [0.1, 0.15) is 0 Å². The molecular formula is C9H16. The van der Waals surface area contributed by atoms with Gasteiger partial charge < -0.3 is 0 Å². The Balaban J connectivity index is 2.44. The molecule has 0 saturated heterocycles. The number of hydrogen-bond acceptors (Lipinski definition) is 0. The van der Waals surface area contributed by atoms with Crippen LogP contribution in [0.2, 0.25) is 0 Å². The maximum absolute atomic E-state index is 2.33. The van der Waals surface area contributed by atoms with Crippen molar-refractivity contribution in [1.29, 1.82) is 0 Å². The van der Waals surface area contributed by atoms with Crippen molar-refractivity contribution in [2.45, 2.75) is 40.0 Å². The molecule has 0 atom stereocenters. The van der Waals surface area contributed by atoms with E-state index < -0.39 is 0 Å². The lowest BCUT2D eigenvalue weighted by Gasteiger charge is -2.27. The highest BCUT2D eigenvalue weighted by Crippen LogP contribution is 2.35. The van der Waals surface area contributed by atoms with Gasteiger partial charge in [0.25, 0.3) is 0 Å². The van der Waals surface area contributed by atoms with Crippen LogP contribution in [0.1, 0.15) is 40.0 Å². The van der Waals surface area contributed by atoms with Crippen LogP contribution in [0.15, 0.2) is 11.1 Å². The lowest BCUT2D eigenvalue weighted by Crippen LogP contribution is -2.11. The minimum atomic E-state index is 0.974. The minimum absolute atomic E-state index is 0.974. The molecule has 0 heteroatoms. The van der Waals surface area contributed by atoms with Crippen molar-refractivity contribution in [2.75, 3.05) is 0 Å². The van der Waals surface area contributed by atoms with Crippen LogP contribution in [0.3, 0.4) is 0 Å². The predicted octanol–water partition coefficient (Wildman–Crippen LogP) is 3.14. The van der Waals surface area contributed by atoms with Gasteiger partial charge in [0.2, 0.25) is 0 Å². The van der Waals surface area contributed by atoms with Crippen molar-refractivity contribution in [3.63, 3.8) is 0 Å². The van der Waals surface area contributed by atoms with Crippen LogP contribution in [-0.2, 0) is 0 Å². The second-order valence-corrected chi connectivity index (χ2v) is 3.25. The molecule has 0 aromatic carbocycles. The van der Waals surface area contributed by atoms with Crippen molar-refractivity contribution in [2.24, 2.45) is 5.92 Å². The summed E-state index contributed by atoms with van der Waals surface area (Å²) in [6.45, 7) is 6.83. The fraction of sp³-hybridized carbons (Fsp3) is 0.778. The van der Waals surface area contributed by atoms with Gasteiger partial charge in [-0.25, -0.2) is 0 Å². The fourth-order valence-electron chi connectivity index (χ4n) is 1.38. The number of hydrogen-bond donors (Lipinski definition) is 0. The Hall–Kier alpha value is -0.260. The molecule has 0 aromatic rings. The van der Waals surface area contributed by atoms with E-state index in [9.17, 15) is 0 Å². The lowest BCUT2D eigenvalue weighted by molar-refractivity contribution is 0.452. The Morgan fingerprint density at radius 1 is 1.56 bits per heavy atom. The Bertz CT molecular complexity index is 123. The van der Waals surface area contributed by atoms with E-state index in [1.807, 2.05) is 0 Å². The smallest absolute Gasteiger partial charge is 0.0289 e. The minimum Gasteiger partial charge on any atom is -0.0744 e. The van der Waals surface area contributed by atoms with Gasteiger partial charge in [0.05, 0.1) is 0 Å². The van der Waals surface area contributed by atoms with Crippen molar-refractivity contribution < 1.29 is 0 Å². The molecule has 0 aliphatic heterocycles. The van der Waals surface area contributed by atoms with E-state index in [0.29, 0.717) is 0 Å². The summed E-state index contributed by atoms with van der Waals surface area (Å²) in [4.78, 5) is 0. The largest absolute Gasteiger partial charge is 0.0744 e. The molecule has 0 aromatic heterocycles. The molecule has 0 bridgehead atoms. The van der Waals surface area contributed by atoms with E-state index in [1.54, 1.807) is 11.1 Å². The summed E-state index contributed by atoms with van der Waals surface area (Å²) in [7, 11) is 0. The van der Waals surface area contributed by atoms with E-state index in [-0.39, 0.29) is 0 Å². The summed E-state index contributed by atoms with van der Waals surface area (Å²) in [6, 6.07) is 0. The van der Waals surface area contributed by atoms with E-state index in [1.165, 1.54) is 19.3 Å². The van der Waals surface area contributed by atoms with E-state index >= 15 is 0 Å². The maximum atomic E-state index is 2.33. The summed E-state index contributed by atoms with van der Waals surface area (Å²) in [5, 5.41) is 0. The second kappa shape index (κ2) is 2.55. The lowest BCUT2D eigenvalue weighted by atomic mass is 9.79. The molecule has 0 amide bonds. The molecule has 1 saturated carbocycles. The molecule has 0 N–H and O–H groups in total. The van der Waals surface area contributed by atoms with Gasteiger partial charge in [-0.3, -0.25) is 0 Å². The van der Waals surface area contributed by atoms with Crippen molar-refractivity contribution in [1.82, 2.24) is 0 Å². The molecule has 0 spiro atoms. The van der Waals surface area contributed by atoms with Crippen LogP contribution < -0.4 is 0 Å². The third-order valence-corrected chi connectivity index (χ3v) is 2.32. The van der Waals surface area contributed by atoms with Gasteiger partial charge in [-0.05, 0) is 32.1 Å². The third-order valence-electron chi connectivity index (χ3n) is 2.32. The molecular weight excluding hydrogens is 108 g/mol. The molecule has 9 heavy (non-hydrogen) atoms. The molecule has 0 radical (unpaired) electrons. The first-order valence-electron chi connectivity index (χ1n) is 3.91. The average Bonchev–Trinajstić information content (AvgIpc) is 1.79. The quantitative estimate of drug-likeness (QED) is 0.471. The Morgan fingerprint density at radius 2 is 2.11 bits per heavy atom. The molecule has 0 nitrogen and oxygen atoms in total. The molecule has 0 unspecified atom stereocenters. The zero-order valence-corrected chi connectivity index (χ0v) is 6.70. The van der Waals surface area contributed by atoms with Gasteiger partial charge in [0, 0.05) is 0 Å². The van der Waals surface area contributed by atoms with E-state index in [2.05, 4.69) is 20.8 Å². The monoisotopic (exact) mass is 124 g/mol. The highest BCUT2D eigenvalue weighted by molar-refractivity contribution is 5.19. The van der Waals surface area contributed by atoms with Crippen LogP contribution in [0.5, 0.6) is 0 Å². The fourth-order valence-corrected chi connectivity index (χ4v) is 1.38. The number of allylic oxidation sites excluding steroid dienone is 2. The van der Waals surface area contributed by atoms with Crippen LogP contribution >= 0.6 is 0 Å². The highest BCUT2D eigenvalue weighted by atomic mass is 14.2.